The van der Waals surface area contributed by atoms with Crippen LogP contribution in [0.25, 0.3) is 11.0 Å². The number of benzene rings is 1. The number of hydrogen-bond acceptors (Lipinski definition) is 3. The van der Waals surface area contributed by atoms with Gasteiger partial charge in [0.1, 0.15) is 0 Å². The number of aromatic amines is 1. The van der Waals surface area contributed by atoms with Crippen LogP contribution in [-0.2, 0) is 0 Å². The second-order valence-electron chi connectivity index (χ2n) is 7.22. The van der Waals surface area contributed by atoms with Gasteiger partial charge in [-0.3, -0.25) is 4.79 Å². The van der Waals surface area contributed by atoms with E-state index in [1.807, 2.05) is 41.3 Å². The molecule has 0 bridgehead atoms. The van der Waals surface area contributed by atoms with Gasteiger partial charge in [-0.15, -0.1) is 0 Å². The van der Waals surface area contributed by atoms with Gasteiger partial charge in [0.15, 0.2) is 0 Å². The molecule has 0 spiro atoms. The Balaban J connectivity index is 1.65. The maximum absolute atomic E-state index is 13.3. The Labute approximate surface area is 158 Å². The average molecular weight is 358 g/mol. The highest BCUT2D eigenvalue weighted by Gasteiger charge is 2.35. The van der Waals surface area contributed by atoms with Crippen molar-refractivity contribution in [1.82, 2.24) is 14.9 Å². The Morgan fingerprint density at radius 3 is 3.11 bits per heavy atom. The molecule has 0 radical (unpaired) electrons. The first-order chi connectivity index (χ1) is 13.2. The van der Waals surface area contributed by atoms with Crippen molar-refractivity contribution in [2.24, 2.45) is 5.92 Å². The summed E-state index contributed by atoms with van der Waals surface area (Å²) in [5, 5.41) is 9.29. The number of allylic oxidation sites excluding steroid dienone is 4. The summed E-state index contributed by atoms with van der Waals surface area (Å²) in [4.78, 5) is 22.6. The molecule has 1 aliphatic carbocycles. The van der Waals surface area contributed by atoms with E-state index in [1.165, 1.54) is 0 Å². The van der Waals surface area contributed by atoms with Crippen LogP contribution >= 0.6 is 0 Å². The standard InChI is InChI=1S/C22H22N4O/c1-15-11-16(13-23)5-2-3-7-21-18(15)6-4-10-26(21)22(27)17-8-9-19-20(12-17)25-14-24-19/h2,5,8-9,11-12,14,18,21H,1,3-4,6-7,10H2,(H,24,25)/b5-2-,16-11+/t18-,21+/m1/s1. The van der Waals surface area contributed by atoms with Gasteiger partial charge in [0.25, 0.3) is 5.91 Å². The summed E-state index contributed by atoms with van der Waals surface area (Å²) in [6.45, 7) is 4.98. The molecule has 0 unspecified atom stereocenters. The number of hydrogen-bond donors (Lipinski definition) is 1. The number of carbonyl (C=O) groups excluding carboxylic acids is 1. The Morgan fingerprint density at radius 2 is 2.26 bits per heavy atom. The quantitative estimate of drug-likeness (QED) is 0.833. The zero-order chi connectivity index (χ0) is 18.8. The molecular weight excluding hydrogens is 336 g/mol. The number of likely N-dealkylation sites (tertiary alicyclic amines) is 1. The number of nitrogens with zero attached hydrogens (tertiary/aromatic N) is 3. The Morgan fingerprint density at radius 1 is 1.37 bits per heavy atom. The van der Waals surface area contributed by atoms with Gasteiger partial charge in [0, 0.05) is 24.1 Å². The second kappa shape index (κ2) is 7.24. The van der Waals surface area contributed by atoms with Crippen molar-refractivity contribution in [2.75, 3.05) is 6.54 Å². The van der Waals surface area contributed by atoms with Gasteiger partial charge >= 0.3 is 0 Å². The van der Waals surface area contributed by atoms with Crippen LogP contribution in [0, 0.1) is 17.2 Å². The summed E-state index contributed by atoms with van der Waals surface area (Å²) in [5.41, 5.74) is 4.00. The maximum atomic E-state index is 13.3. The summed E-state index contributed by atoms with van der Waals surface area (Å²) in [6, 6.07) is 7.95. The Kier molecular flexibility index (Phi) is 4.64. The van der Waals surface area contributed by atoms with Crippen LogP contribution in [-0.4, -0.2) is 33.4 Å². The van der Waals surface area contributed by atoms with Crippen LogP contribution in [0.15, 0.2) is 60.5 Å². The first-order valence-electron chi connectivity index (χ1n) is 9.38. The van der Waals surface area contributed by atoms with E-state index >= 15 is 0 Å². The van der Waals surface area contributed by atoms with E-state index in [1.54, 1.807) is 6.33 Å². The number of carbonyl (C=O) groups is 1. The predicted octanol–water partition coefficient (Wildman–Crippen LogP) is 4.14. The van der Waals surface area contributed by atoms with Crippen LogP contribution in [0.4, 0.5) is 0 Å². The summed E-state index contributed by atoms with van der Waals surface area (Å²) in [7, 11) is 0. The SMILES string of the molecule is C=C1/C=C(C#N)\C=C/CC[C@H]2[C@@H]1CCCN2C(=O)c1ccc2nc[nH]c2c1. The number of amides is 1. The highest BCUT2D eigenvalue weighted by Crippen LogP contribution is 2.34. The summed E-state index contributed by atoms with van der Waals surface area (Å²) >= 11 is 0. The van der Waals surface area contributed by atoms with Crippen molar-refractivity contribution >= 4 is 16.9 Å². The molecule has 5 nitrogen and oxygen atoms in total. The molecule has 2 atom stereocenters. The monoisotopic (exact) mass is 358 g/mol. The number of imidazole rings is 1. The van der Waals surface area contributed by atoms with E-state index in [0.717, 1.165) is 48.8 Å². The van der Waals surface area contributed by atoms with Crippen LogP contribution in [0.2, 0.25) is 0 Å². The lowest BCUT2D eigenvalue weighted by Gasteiger charge is -2.42. The van der Waals surface area contributed by atoms with E-state index < -0.39 is 0 Å². The average Bonchev–Trinajstić information content (AvgIpc) is 3.18. The molecule has 1 amide bonds. The fraction of sp³-hybridized carbons (Fsp3) is 0.318. The Bertz CT molecular complexity index is 991. The number of piperidine rings is 1. The van der Waals surface area contributed by atoms with Gasteiger partial charge in [-0.1, -0.05) is 12.7 Å². The van der Waals surface area contributed by atoms with Gasteiger partial charge in [-0.25, -0.2) is 4.98 Å². The smallest absolute Gasteiger partial charge is 0.254 e. The second-order valence-corrected chi connectivity index (χ2v) is 7.22. The van der Waals surface area contributed by atoms with Gasteiger partial charge in [-0.05, 0) is 61.6 Å². The Hall–Kier alpha value is -3.13. The van der Waals surface area contributed by atoms with E-state index in [-0.39, 0.29) is 17.9 Å². The molecular formula is C22H22N4O. The summed E-state index contributed by atoms with van der Waals surface area (Å²) in [5.74, 6) is 0.253. The molecule has 1 N–H and O–H groups in total. The molecule has 2 heterocycles. The molecule has 4 rings (SSSR count). The first-order valence-corrected chi connectivity index (χ1v) is 9.38. The van der Waals surface area contributed by atoms with Crippen LogP contribution < -0.4 is 0 Å². The number of nitriles is 1. The number of H-pyrrole nitrogens is 1. The van der Waals surface area contributed by atoms with Crippen molar-refractivity contribution in [2.45, 2.75) is 31.7 Å². The predicted molar refractivity (Wildman–Crippen MR) is 105 cm³/mol. The van der Waals surface area contributed by atoms with Gasteiger partial charge in [-0.2, -0.15) is 5.26 Å². The van der Waals surface area contributed by atoms with E-state index in [2.05, 4.69) is 22.6 Å². The molecule has 1 aromatic heterocycles. The number of rotatable bonds is 1. The third-order valence-corrected chi connectivity index (χ3v) is 5.58. The topological polar surface area (TPSA) is 72.8 Å². The molecule has 2 aliphatic rings. The van der Waals surface area contributed by atoms with E-state index in [0.29, 0.717) is 11.1 Å². The maximum Gasteiger partial charge on any atom is 0.254 e. The van der Waals surface area contributed by atoms with Crippen molar-refractivity contribution < 1.29 is 4.79 Å². The molecule has 1 aromatic carbocycles. The zero-order valence-corrected chi connectivity index (χ0v) is 15.2. The molecule has 2 aromatic rings. The van der Waals surface area contributed by atoms with E-state index in [4.69, 9.17) is 0 Å². The van der Waals surface area contributed by atoms with Gasteiger partial charge in [0.2, 0.25) is 0 Å². The minimum Gasteiger partial charge on any atom is -0.345 e. The number of aromatic nitrogens is 2. The lowest BCUT2D eigenvalue weighted by atomic mass is 9.81. The minimum atomic E-state index is 0.0571. The van der Waals surface area contributed by atoms with Gasteiger partial charge < -0.3 is 9.88 Å². The molecule has 1 saturated heterocycles. The fourth-order valence-corrected chi connectivity index (χ4v) is 4.23. The lowest BCUT2D eigenvalue weighted by molar-refractivity contribution is 0.0525. The summed E-state index contributed by atoms with van der Waals surface area (Å²) in [6.07, 6.45) is 11.1. The molecule has 5 heteroatoms. The highest BCUT2D eigenvalue weighted by atomic mass is 16.2. The first kappa shape index (κ1) is 17.3. The van der Waals surface area contributed by atoms with Gasteiger partial charge in [0.05, 0.1) is 29.0 Å². The van der Waals surface area contributed by atoms with Crippen molar-refractivity contribution in [1.29, 1.82) is 5.26 Å². The third-order valence-electron chi connectivity index (χ3n) is 5.58. The number of fused-ring (bicyclic) bond motifs is 2. The molecule has 0 saturated carbocycles. The van der Waals surface area contributed by atoms with Crippen molar-refractivity contribution in [3.05, 3.63) is 66.0 Å². The zero-order valence-electron chi connectivity index (χ0n) is 15.2. The van der Waals surface area contributed by atoms with Crippen molar-refractivity contribution in [3.8, 4) is 6.07 Å². The van der Waals surface area contributed by atoms with Crippen LogP contribution in [0.3, 0.4) is 0 Å². The minimum absolute atomic E-state index is 0.0571. The normalized spacial score (nSPS) is 26.1. The molecule has 27 heavy (non-hydrogen) atoms. The molecule has 1 fully saturated rings. The molecule has 136 valence electrons. The summed E-state index contributed by atoms with van der Waals surface area (Å²) < 4.78 is 0. The largest absolute Gasteiger partial charge is 0.345 e. The highest BCUT2D eigenvalue weighted by molar-refractivity contribution is 5.97. The van der Waals surface area contributed by atoms with Crippen LogP contribution in [0.5, 0.6) is 0 Å². The fourth-order valence-electron chi connectivity index (χ4n) is 4.23. The van der Waals surface area contributed by atoms with Crippen LogP contribution in [0.1, 0.15) is 36.0 Å². The third kappa shape index (κ3) is 3.31. The molecule has 1 aliphatic heterocycles. The lowest BCUT2D eigenvalue weighted by Crippen LogP contribution is -2.48. The van der Waals surface area contributed by atoms with E-state index in [9.17, 15) is 10.1 Å². The number of nitrogens with one attached hydrogen (secondary N) is 1. The van der Waals surface area contributed by atoms with Crippen molar-refractivity contribution in [3.63, 3.8) is 0 Å².